The van der Waals surface area contributed by atoms with E-state index >= 15 is 0 Å². The molecule has 0 spiro atoms. The van der Waals surface area contributed by atoms with E-state index < -0.39 is 0 Å². The Morgan fingerprint density at radius 2 is 1.93 bits per heavy atom. The van der Waals surface area contributed by atoms with Crippen molar-refractivity contribution in [1.29, 1.82) is 0 Å². The van der Waals surface area contributed by atoms with Crippen LogP contribution in [0.1, 0.15) is 0 Å². The molecule has 0 fully saturated rings. The molecule has 0 aromatic rings. The van der Waals surface area contributed by atoms with Gasteiger partial charge in [0.25, 0.3) is 0 Å². The summed E-state index contributed by atoms with van der Waals surface area (Å²) in [7, 11) is 8.92. The van der Waals surface area contributed by atoms with Crippen LogP contribution in [-0.2, 0) is 0 Å². The fourth-order valence-corrected chi connectivity index (χ4v) is 2.26. The smallest absolute Gasteiger partial charge is 0.173 e. The lowest BCUT2D eigenvalue weighted by molar-refractivity contribution is -0.853. The van der Waals surface area contributed by atoms with E-state index in [9.17, 15) is 0 Å². The van der Waals surface area contributed by atoms with Crippen molar-refractivity contribution < 1.29 is 4.48 Å². The van der Waals surface area contributed by atoms with E-state index in [-0.39, 0.29) is 0 Å². The summed E-state index contributed by atoms with van der Waals surface area (Å²) in [6.07, 6.45) is 4.53. The first-order valence-corrected chi connectivity index (χ1v) is 5.19. The maximum Gasteiger partial charge on any atom is 0.173 e. The van der Waals surface area contributed by atoms with Crippen LogP contribution in [0.4, 0.5) is 0 Å². The lowest BCUT2D eigenvalue weighted by atomic mass is 10.1. The molecule has 0 saturated carbocycles. The van der Waals surface area contributed by atoms with Crippen LogP contribution >= 0.6 is 0 Å². The third kappa shape index (κ3) is 1.32. The van der Waals surface area contributed by atoms with Crippen molar-refractivity contribution in [3.63, 3.8) is 0 Å². The van der Waals surface area contributed by atoms with Gasteiger partial charge in [-0.1, -0.05) is 6.08 Å². The van der Waals surface area contributed by atoms with E-state index in [2.05, 4.69) is 50.1 Å². The van der Waals surface area contributed by atoms with Crippen LogP contribution in [0, 0.1) is 0 Å². The second-order valence-corrected chi connectivity index (χ2v) is 4.82. The third-order valence-corrected chi connectivity index (χ3v) is 3.25. The van der Waals surface area contributed by atoms with Crippen LogP contribution in [-0.4, -0.2) is 62.1 Å². The second-order valence-electron chi connectivity index (χ2n) is 4.82. The summed E-state index contributed by atoms with van der Waals surface area (Å²) in [4.78, 5) is 4.69. The Morgan fingerprint density at radius 3 is 2.57 bits per heavy atom. The molecular formula is C11H20N3+. The SMILES string of the molecule is CN1CC=CC2=C1N(C)CC[N+]2(C)C. The van der Waals surface area contributed by atoms with Gasteiger partial charge in [0.15, 0.2) is 11.5 Å². The molecule has 78 valence electrons. The van der Waals surface area contributed by atoms with Crippen LogP contribution in [0.3, 0.4) is 0 Å². The fourth-order valence-electron chi connectivity index (χ4n) is 2.26. The minimum Gasteiger partial charge on any atom is -0.353 e. The number of nitrogens with zero attached hydrogens (tertiary/aromatic N) is 3. The summed E-state index contributed by atoms with van der Waals surface area (Å²) in [5, 5.41) is 0. The van der Waals surface area contributed by atoms with E-state index in [1.165, 1.54) is 18.1 Å². The molecular weight excluding hydrogens is 174 g/mol. The molecule has 0 N–H and O–H groups in total. The van der Waals surface area contributed by atoms with Gasteiger partial charge in [0.2, 0.25) is 0 Å². The Bertz CT molecular complexity index is 302. The van der Waals surface area contributed by atoms with Gasteiger partial charge < -0.3 is 9.80 Å². The van der Waals surface area contributed by atoms with Crippen LogP contribution in [0.2, 0.25) is 0 Å². The summed E-state index contributed by atoms with van der Waals surface area (Å²) >= 11 is 0. The third-order valence-electron chi connectivity index (χ3n) is 3.25. The molecule has 0 radical (unpaired) electrons. The molecule has 3 heteroatoms. The van der Waals surface area contributed by atoms with Crippen molar-refractivity contribution in [1.82, 2.24) is 9.80 Å². The van der Waals surface area contributed by atoms with Gasteiger partial charge in [0, 0.05) is 26.7 Å². The molecule has 2 aliphatic heterocycles. The summed E-state index contributed by atoms with van der Waals surface area (Å²) in [5.41, 5.74) is 1.44. The highest BCUT2D eigenvalue weighted by Gasteiger charge is 2.34. The van der Waals surface area contributed by atoms with E-state index in [4.69, 9.17) is 0 Å². The average molecular weight is 194 g/mol. The monoisotopic (exact) mass is 194 g/mol. The van der Waals surface area contributed by atoms with Crippen molar-refractivity contribution in [2.75, 3.05) is 47.8 Å². The number of hydrogen-bond donors (Lipinski definition) is 0. The lowest BCUT2D eigenvalue weighted by Gasteiger charge is -2.44. The van der Waals surface area contributed by atoms with Gasteiger partial charge in [-0.05, 0) is 0 Å². The molecule has 0 unspecified atom stereocenters. The molecule has 0 aromatic heterocycles. The molecule has 2 aliphatic rings. The first kappa shape index (κ1) is 9.59. The summed E-state index contributed by atoms with van der Waals surface area (Å²) in [5.74, 6) is 1.39. The van der Waals surface area contributed by atoms with Crippen molar-refractivity contribution in [3.8, 4) is 0 Å². The molecule has 2 rings (SSSR count). The number of rotatable bonds is 0. The Labute approximate surface area is 86.5 Å². The first-order valence-electron chi connectivity index (χ1n) is 5.19. The van der Waals surface area contributed by atoms with Crippen molar-refractivity contribution in [2.24, 2.45) is 0 Å². The Morgan fingerprint density at radius 1 is 1.21 bits per heavy atom. The minimum atomic E-state index is 1.00. The summed E-state index contributed by atoms with van der Waals surface area (Å²) in [6, 6.07) is 0. The molecule has 0 bridgehead atoms. The Kier molecular flexibility index (Phi) is 2.07. The highest BCUT2D eigenvalue weighted by molar-refractivity contribution is 5.24. The average Bonchev–Trinajstić information content (AvgIpc) is 2.12. The minimum absolute atomic E-state index is 1.00. The van der Waals surface area contributed by atoms with Gasteiger partial charge in [-0.25, -0.2) is 0 Å². The van der Waals surface area contributed by atoms with E-state index in [0.717, 1.165) is 17.6 Å². The van der Waals surface area contributed by atoms with Gasteiger partial charge in [-0.15, -0.1) is 0 Å². The first-order chi connectivity index (χ1) is 6.52. The zero-order valence-corrected chi connectivity index (χ0v) is 9.62. The van der Waals surface area contributed by atoms with Gasteiger partial charge in [0.05, 0.1) is 20.6 Å². The molecule has 0 amide bonds. The standard InChI is InChI=1S/C11H20N3/c1-12-7-5-6-10-11(12)13(2)8-9-14(10,3)4/h5-6H,7-9H2,1-4H3/q+1. The predicted octanol–water partition coefficient (Wildman–Crippen LogP) is 0.679. The summed E-state index contributed by atoms with van der Waals surface area (Å²) < 4.78 is 1.00. The lowest BCUT2D eigenvalue weighted by Crippen LogP contribution is -2.52. The molecule has 2 heterocycles. The van der Waals surface area contributed by atoms with Gasteiger partial charge in [0.1, 0.15) is 6.54 Å². The normalized spacial score (nSPS) is 25.4. The topological polar surface area (TPSA) is 6.48 Å². The van der Waals surface area contributed by atoms with Crippen LogP contribution in [0.5, 0.6) is 0 Å². The quantitative estimate of drug-likeness (QED) is 0.523. The van der Waals surface area contributed by atoms with Gasteiger partial charge in [-0.3, -0.25) is 4.48 Å². The highest BCUT2D eigenvalue weighted by atomic mass is 15.4. The Balaban J connectivity index is 2.48. The maximum atomic E-state index is 2.36. The number of likely N-dealkylation sites (N-methyl/N-ethyl adjacent to an activating group) is 3. The van der Waals surface area contributed by atoms with Crippen LogP contribution in [0.25, 0.3) is 0 Å². The maximum absolute atomic E-state index is 2.36. The largest absolute Gasteiger partial charge is 0.353 e. The number of hydrogen-bond acceptors (Lipinski definition) is 2. The molecule has 14 heavy (non-hydrogen) atoms. The number of quaternary nitrogens is 1. The van der Waals surface area contributed by atoms with E-state index in [0.29, 0.717) is 0 Å². The van der Waals surface area contributed by atoms with Crippen molar-refractivity contribution in [2.45, 2.75) is 0 Å². The van der Waals surface area contributed by atoms with Gasteiger partial charge >= 0.3 is 0 Å². The highest BCUT2D eigenvalue weighted by Crippen LogP contribution is 2.28. The summed E-state index contributed by atoms with van der Waals surface area (Å²) in [6.45, 7) is 3.36. The second kappa shape index (κ2) is 3.02. The molecule has 0 aliphatic carbocycles. The molecule has 0 saturated heterocycles. The molecule has 0 aromatic carbocycles. The molecule has 3 nitrogen and oxygen atoms in total. The number of allylic oxidation sites excluding steroid dienone is 1. The fraction of sp³-hybridized carbons (Fsp3) is 0.636. The van der Waals surface area contributed by atoms with Crippen molar-refractivity contribution in [3.05, 3.63) is 23.7 Å². The zero-order valence-electron chi connectivity index (χ0n) is 9.62. The van der Waals surface area contributed by atoms with E-state index in [1.54, 1.807) is 0 Å². The molecule has 0 atom stereocenters. The van der Waals surface area contributed by atoms with Crippen LogP contribution < -0.4 is 0 Å². The predicted molar refractivity (Wildman–Crippen MR) is 58.4 cm³/mol. The Hall–Kier alpha value is -0.960. The van der Waals surface area contributed by atoms with Crippen molar-refractivity contribution >= 4 is 0 Å². The zero-order chi connectivity index (χ0) is 10.3. The van der Waals surface area contributed by atoms with Crippen LogP contribution in [0.15, 0.2) is 23.7 Å². The van der Waals surface area contributed by atoms with E-state index in [1.807, 2.05) is 0 Å². The van der Waals surface area contributed by atoms with Gasteiger partial charge in [-0.2, -0.15) is 0 Å².